The van der Waals surface area contributed by atoms with Crippen molar-refractivity contribution < 1.29 is 9.13 Å². The molecule has 0 amide bonds. The highest BCUT2D eigenvalue weighted by molar-refractivity contribution is 5.78. The fourth-order valence-corrected chi connectivity index (χ4v) is 2.79. The summed E-state index contributed by atoms with van der Waals surface area (Å²) in [6, 6.07) is 9.61. The summed E-state index contributed by atoms with van der Waals surface area (Å²) in [5.41, 5.74) is 7.06. The first-order chi connectivity index (χ1) is 12.2. The number of guanidine groups is 1. The van der Waals surface area contributed by atoms with Crippen molar-refractivity contribution in [1.29, 1.82) is 0 Å². The zero-order valence-corrected chi connectivity index (χ0v) is 14.2. The standard InChI is InChI=1S/C19H23FN4O/c20-16-6-5-7-17(12-16)25-18-9-8-15(13-22-18)14-23-19(21)24-10-3-1-2-4-11-24/h5-9,12-13H,1-4,10-11,14H2,(H2,21,23). The average Bonchev–Trinajstić information content (AvgIpc) is 2.90. The molecule has 2 aromatic rings. The van der Waals surface area contributed by atoms with Crippen molar-refractivity contribution in [3.8, 4) is 11.6 Å². The number of nitrogens with zero attached hydrogens (tertiary/aromatic N) is 3. The average molecular weight is 342 g/mol. The van der Waals surface area contributed by atoms with Gasteiger partial charge in [-0.1, -0.05) is 25.0 Å². The summed E-state index contributed by atoms with van der Waals surface area (Å²) in [4.78, 5) is 10.9. The van der Waals surface area contributed by atoms with Gasteiger partial charge in [0.15, 0.2) is 5.96 Å². The van der Waals surface area contributed by atoms with E-state index in [2.05, 4.69) is 14.9 Å². The largest absolute Gasteiger partial charge is 0.439 e. The number of aliphatic imine (C=N–C) groups is 1. The van der Waals surface area contributed by atoms with E-state index in [1.165, 1.54) is 37.8 Å². The highest BCUT2D eigenvalue weighted by atomic mass is 19.1. The number of hydrogen-bond donors (Lipinski definition) is 1. The molecule has 3 rings (SSSR count). The summed E-state index contributed by atoms with van der Waals surface area (Å²) in [5.74, 6) is 1.09. The van der Waals surface area contributed by atoms with Crippen molar-refractivity contribution in [2.45, 2.75) is 32.2 Å². The highest BCUT2D eigenvalue weighted by Crippen LogP contribution is 2.20. The second-order valence-corrected chi connectivity index (χ2v) is 6.14. The van der Waals surface area contributed by atoms with Crippen LogP contribution in [0.2, 0.25) is 0 Å². The van der Waals surface area contributed by atoms with Gasteiger partial charge in [0.05, 0.1) is 6.54 Å². The first-order valence-corrected chi connectivity index (χ1v) is 8.64. The molecule has 1 aromatic heterocycles. The van der Waals surface area contributed by atoms with Gasteiger partial charge in [0.1, 0.15) is 11.6 Å². The number of hydrogen-bond acceptors (Lipinski definition) is 3. The van der Waals surface area contributed by atoms with Crippen molar-refractivity contribution in [2.24, 2.45) is 10.7 Å². The topological polar surface area (TPSA) is 63.7 Å². The Balaban J connectivity index is 1.57. The third-order valence-corrected chi connectivity index (χ3v) is 4.17. The lowest BCUT2D eigenvalue weighted by Crippen LogP contribution is -2.38. The van der Waals surface area contributed by atoms with Gasteiger partial charge in [-0.3, -0.25) is 0 Å². The van der Waals surface area contributed by atoms with E-state index in [1.807, 2.05) is 6.07 Å². The van der Waals surface area contributed by atoms with Gasteiger partial charge in [0, 0.05) is 31.4 Å². The third kappa shape index (κ3) is 5.17. The van der Waals surface area contributed by atoms with Crippen molar-refractivity contribution in [2.75, 3.05) is 13.1 Å². The van der Waals surface area contributed by atoms with Crippen molar-refractivity contribution in [3.05, 3.63) is 54.0 Å². The van der Waals surface area contributed by atoms with Gasteiger partial charge in [-0.05, 0) is 30.5 Å². The minimum absolute atomic E-state index is 0.340. The van der Waals surface area contributed by atoms with E-state index >= 15 is 0 Å². The molecule has 0 radical (unpaired) electrons. The molecule has 1 fully saturated rings. The van der Waals surface area contributed by atoms with Gasteiger partial charge in [0.2, 0.25) is 5.88 Å². The minimum Gasteiger partial charge on any atom is -0.439 e. The molecule has 5 nitrogen and oxygen atoms in total. The Hall–Kier alpha value is -2.63. The van der Waals surface area contributed by atoms with Crippen molar-refractivity contribution in [1.82, 2.24) is 9.88 Å². The number of benzene rings is 1. The summed E-state index contributed by atoms with van der Waals surface area (Å²) in [6.45, 7) is 2.44. The molecule has 1 saturated heterocycles. The van der Waals surface area contributed by atoms with E-state index in [0.717, 1.165) is 18.7 Å². The predicted molar refractivity (Wildman–Crippen MR) is 96.1 cm³/mol. The highest BCUT2D eigenvalue weighted by Gasteiger charge is 2.10. The van der Waals surface area contributed by atoms with Crippen LogP contribution in [0, 0.1) is 5.82 Å². The van der Waals surface area contributed by atoms with E-state index in [1.54, 1.807) is 24.4 Å². The summed E-state index contributed by atoms with van der Waals surface area (Å²) in [6.07, 6.45) is 6.57. The van der Waals surface area contributed by atoms with Crippen LogP contribution in [0.25, 0.3) is 0 Å². The Labute approximate surface area is 147 Å². The van der Waals surface area contributed by atoms with Crippen LogP contribution in [-0.4, -0.2) is 28.9 Å². The normalized spacial score (nSPS) is 15.7. The number of rotatable bonds is 4. The Morgan fingerprint density at radius 2 is 1.96 bits per heavy atom. The molecule has 0 saturated carbocycles. The molecule has 0 aliphatic carbocycles. The molecule has 2 heterocycles. The van der Waals surface area contributed by atoms with Crippen LogP contribution >= 0.6 is 0 Å². The number of nitrogens with two attached hydrogens (primary N) is 1. The summed E-state index contributed by atoms with van der Waals surface area (Å²) in [5, 5.41) is 0. The van der Waals surface area contributed by atoms with Crippen LogP contribution in [0.5, 0.6) is 11.6 Å². The quantitative estimate of drug-likeness (QED) is 0.680. The molecule has 6 heteroatoms. The van der Waals surface area contributed by atoms with E-state index in [9.17, 15) is 4.39 Å². The molecule has 0 bridgehead atoms. The minimum atomic E-state index is -0.340. The Morgan fingerprint density at radius 3 is 2.64 bits per heavy atom. The second-order valence-electron chi connectivity index (χ2n) is 6.14. The lowest BCUT2D eigenvalue weighted by molar-refractivity contribution is 0.428. The summed E-state index contributed by atoms with van der Waals surface area (Å²) >= 11 is 0. The number of aromatic nitrogens is 1. The van der Waals surface area contributed by atoms with Gasteiger partial charge in [-0.15, -0.1) is 0 Å². The molecule has 25 heavy (non-hydrogen) atoms. The van der Waals surface area contributed by atoms with Crippen LogP contribution in [0.3, 0.4) is 0 Å². The molecular weight excluding hydrogens is 319 g/mol. The lowest BCUT2D eigenvalue weighted by atomic mass is 10.2. The molecule has 2 N–H and O–H groups in total. The van der Waals surface area contributed by atoms with E-state index in [0.29, 0.717) is 24.1 Å². The summed E-state index contributed by atoms with van der Waals surface area (Å²) < 4.78 is 18.7. The van der Waals surface area contributed by atoms with Gasteiger partial charge >= 0.3 is 0 Å². The fraction of sp³-hybridized carbons (Fsp3) is 0.368. The van der Waals surface area contributed by atoms with Crippen LogP contribution in [0.4, 0.5) is 4.39 Å². The fourth-order valence-electron chi connectivity index (χ4n) is 2.79. The van der Waals surface area contributed by atoms with Crippen molar-refractivity contribution >= 4 is 5.96 Å². The van der Waals surface area contributed by atoms with Crippen LogP contribution < -0.4 is 10.5 Å². The first kappa shape index (κ1) is 17.2. The predicted octanol–water partition coefficient (Wildman–Crippen LogP) is 3.70. The van der Waals surface area contributed by atoms with Gasteiger partial charge < -0.3 is 15.4 Å². The van der Waals surface area contributed by atoms with Gasteiger partial charge in [0.25, 0.3) is 0 Å². The molecule has 1 aliphatic rings. The smallest absolute Gasteiger partial charge is 0.219 e. The zero-order chi connectivity index (χ0) is 17.5. The SMILES string of the molecule is NC(=NCc1ccc(Oc2cccc(F)c2)nc1)N1CCCCCC1. The summed E-state index contributed by atoms with van der Waals surface area (Å²) in [7, 11) is 0. The van der Waals surface area contributed by atoms with E-state index in [-0.39, 0.29) is 5.82 Å². The van der Waals surface area contributed by atoms with Gasteiger partial charge in [-0.2, -0.15) is 0 Å². The van der Waals surface area contributed by atoms with Gasteiger partial charge in [-0.25, -0.2) is 14.4 Å². The number of halogens is 1. The number of ether oxygens (including phenoxy) is 1. The zero-order valence-electron chi connectivity index (χ0n) is 14.2. The lowest BCUT2D eigenvalue weighted by Gasteiger charge is -2.21. The molecule has 0 atom stereocenters. The van der Waals surface area contributed by atoms with E-state index in [4.69, 9.17) is 10.5 Å². The Bertz CT molecular complexity index is 710. The van der Waals surface area contributed by atoms with Crippen LogP contribution in [-0.2, 0) is 6.54 Å². The van der Waals surface area contributed by atoms with E-state index < -0.39 is 0 Å². The molecule has 0 spiro atoms. The Morgan fingerprint density at radius 1 is 1.16 bits per heavy atom. The third-order valence-electron chi connectivity index (χ3n) is 4.17. The maximum atomic E-state index is 13.2. The molecule has 1 aromatic carbocycles. The second kappa shape index (κ2) is 8.46. The molecule has 132 valence electrons. The molecular formula is C19H23FN4O. The van der Waals surface area contributed by atoms with Crippen LogP contribution in [0.15, 0.2) is 47.6 Å². The first-order valence-electron chi connectivity index (χ1n) is 8.64. The van der Waals surface area contributed by atoms with Crippen molar-refractivity contribution in [3.63, 3.8) is 0 Å². The molecule has 0 unspecified atom stereocenters. The maximum absolute atomic E-state index is 13.2. The maximum Gasteiger partial charge on any atom is 0.219 e. The monoisotopic (exact) mass is 342 g/mol. The van der Waals surface area contributed by atoms with Crippen LogP contribution in [0.1, 0.15) is 31.2 Å². The number of pyridine rings is 1. The Kier molecular flexibility index (Phi) is 5.82. The molecule has 1 aliphatic heterocycles. The number of likely N-dealkylation sites (tertiary alicyclic amines) is 1.